The summed E-state index contributed by atoms with van der Waals surface area (Å²) in [5.41, 5.74) is 3.06. The van der Waals surface area contributed by atoms with Crippen molar-refractivity contribution in [3.05, 3.63) is 82.2 Å². The zero-order valence-corrected chi connectivity index (χ0v) is 18.4. The number of ether oxygens (including phenoxy) is 4. The smallest absolute Gasteiger partial charge is 0.344 e. The predicted octanol–water partition coefficient (Wildman–Crippen LogP) is 5.37. The van der Waals surface area contributed by atoms with E-state index in [1.807, 2.05) is 43.3 Å². The van der Waals surface area contributed by atoms with Crippen molar-refractivity contribution < 1.29 is 23.4 Å². The first-order valence-corrected chi connectivity index (χ1v) is 10.1. The van der Waals surface area contributed by atoms with E-state index in [2.05, 4.69) is 0 Å². The minimum atomic E-state index is -0.410. The molecule has 0 atom stereocenters. The summed E-state index contributed by atoms with van der Waals surface area (Å²) < 4.78 is 27.5. The Kier molecular flexibility index (Phi) is 6.03. The summed E-state index contributed by atoms with van der Waals surface area (Å²) in [4.78, 5) is 12.8. The van der Waals surface area contributed by atoms with E-state index in [0.29, 0.717) is 40.6 Å². The largest absolute Gasteiger partial charge is 0.497 e. The molecule has 0 unspecified atom stereocenters. The Labute approximate surface area is 185 Å². The van der Waals surface area contributed by atoms with E-state index < -0.39 is 5.63 Å². The molecule has 164 valence electrons. The highest BCUT2D eigenvalue weighted by Gasteiger charge is 2.16. The van der Waals surface area contributed by atoms with Crippen LogP contribution in [0.5, 0.6) is 23.0 Å². The first-order valence-electron chi connectivity index (χ1n) is 10.1. The molecular weight excluding hydrogens is 408 g/mol. The molecular formula is C26H24O6. The molecule has 4 aromatic rings. The Bertz CT molecular complexity index is 1320. The van der Waals surface area contributed by atoms with E-state index in [9.17, 15) is 4.79 Å². The average molecular weight is 432 g/mol. The summed E-state index contributed by atoms with van der Waals surface area (Å²) in [5.74, 6) is 2.59. The van der Waals surface area contributed by atoms with Crippen molar-refractivity contribution in [3.8, 4) is 34.1 Å². The molecule has 3 aromatic carbocycles. The minimum absolute atomic E-state index is 0.390. The van der Waals surface area contributed by atoms with Gasteiger partial charge in [0.2, 0.25) is 0 Å². The van der Waals surface area contributed by atoms with Gasteiger partial charge in [-0.25, -0.2) is 4.79 Å². The van der Waals surface area contributed by atoms with Crippen LogP contribution in [0.25, 0.3) is 22.1 Å². The van der Waals surface area contributed by atoms with Gasteiger partial charge in [-0.1, -0.05) is 18.2 Å². The zero-order valence-electron chi connectivity index (χ0n) is 18.4. The highest BCUT2D eigenvalue weighted by molar-refractivity contribution is 5.88. The van der Waals surface area contributed by atoms with Crippen molar-refractivity contribution in [2.75, 3.05) is 21.3 Å². The van der Waals surface area contributed by atoms with E-state index in [1.165, 1.54) is 0 Å². The van der Waals surface area contributed by atoms with Crippen molar-refractivity contribution >= 4 is 11.0 Å². The third kappa shape index (κ3) is 4.12. The van der Waals surface area contributed by atoms with Gasteiger partial charge >= 0.3 is 5.63 Å². The Morgan fingerprint density at radius 3 is 2.38 bits per heavy atom. The van der Waals surface area contributed by atoms with E-state index in [0.717, 1.165) is 22.3 Å². The summed E-state index contributed by atoms with van der Waals surface area (Å²) in [6.45, 7) is 2.29. The first kappa shape index (κ1) is 21.3. The van der Waals surface area contributed by atoms with Crippen LogP contribution in [0.1, 0.15) is 11.1 Å². The summed E-state index contributed by atoms with van der Waals surface area (Å²) >= 11 is 0. The van der Waals surface area contributed by atoms with Gasteiger partial charge in [0.05, 0.1) is 26.9 Å². The Hall–Kier alpha value is -3.93. The second-order valence-electron chi connectivity index (χ2n) is 7.26. The van der Waals surface area contributed by atoms with Crippen LogP contribution in [-0.2, 0) is 6.61 Å². The molecule has 6 nitrogen and oxygen atoms in total. The van der Waals surface area contributed by atoms with E-state index in [-0.39, 0.29) is 0 Å². The average Bonchev–Trinajstić information content (AvgIpc) is 2.83. The molecule has 0 saturated heterocycles. The quantitative estimate of drug-likeness (QED) is 0.366. The van der Waals surface area contributed by atoms with Gasteiger partial charge in [0.15, 0.2) is 11.5 Å². The normalized spacial score (nSPS) is 10.8. The molecule has 0 fully saturated rings. The molecule has 6 heteroatoms. The standard InChI is InChI=1S/C26H24O6/c1-16-21-14-20(31-15-17-6-5-7-19(12-17)28-2)9-11-22(21)32-26(27)25(16)18-8-10-23(29-3)24(13-18)30-4/h5-14H,15H2,1-4H3. The summed E-state index contributed by atoms with van der Waals surface area (Å²) in [5, 5.41) is 0.803. The number of fused-ring (bicyclic) bond motifs is 1. The zero-order chi connectivity index (χ0) is 22.7. The van der Waals surface area contributed by atoms with Crippen LogP contribution < -0.4 is 24.6 Å². The second kappa shape index (κ2) is 9.06. The molecule has 1 aromatic heterocycles. The third-order valence-electron chi connectivity index (χ3n) is 5.35. The van der Waals surface area contributed by atoms with Crippen LogP contribution in [0, 0.1) is 6.92 Å². The lowest BCUT2D eigenvalue weighted by Gasteiger charge is -2.13. The van der Waals surface area contributed by atoms with Gasteiger partial charge in [0.25, 0.3) is 0 Å². The van der Waals surface area contributed by atoms with Crippen LogP contribution in [-0.4, -0.2) is 21.3 Å². The summed E-state index contributed by atoms with van der Waals surface area (Å²) in [6, 6.07) is 18.5. The molecule has 0 bridgehead atoms. The molecule has 0 spiro atoms. The molecule has 32 heavy (non-hydrogen) atoms. The number of hydrogen-bond acceptors (Lipinski definition) is 6. The van der Waals surface area contributed by atoms with Gasteiger partial charge in [0, 0.05) is 5.39 Å². The molecule has 4 rings (SSSR count). The van der Waals surface area contributed by atoms with Gasteiger partial charge in [-0.3, -0.25) is 0 Å². The van der Waals surface area contributed by atoms with Crippen molar-refractivity contribution in [1.82, 2.24) is 0 Å². The summed E-state index contributed by atoms with van der Waals surface area (Å²) in [6.07, 6.45) is 0. The van der Waals surface area contributed by atoms with Crippen molar-refractivity contribution in [1.29, 1.82) is 0 Å². The van der Waals surface area contributed by atoms with E-state index >= 15 is 0 Å². The number of hydrogen-bond donors (Lipinski definition) is 0. The van der Waals surface area contributed by atoms with Crippen molar-refractivity contribution in [2.45, 2.75) is 13.5 Å². The third-order valence-corrected chi connectivity index (χ3v) is 5.35. The van der Waals surface area contributed by atoms with Gasteiger partial charge in [0.1, 0.15) is 23.7 Å². The Morgan fingerprint density at radius 2 is 1.62 bits per heavy atom. The second-order valence-corrected chi connectivity index (χ2v) is 7.26. The van der Waals surface area contributed by atoms with Gasteiger partial charge in [-0.2, -0.15) is 0 Å². The first-order chi connectivity index (χ1) is 15.5. The van der Waals surface area contributed by atoms with Crippen LogP contribution in [0.15, 0.2) is 69.9 Å². The van der Waals surface area contributed by atoms with Crippen molar-refractivity contribution in [3.63, 3.8) is 0 Å². The Morgan fingerprint density at radius 1 is 0.812 bits per heavy atom. The summed E-state index contributed by atoms with van der Waals surface area (Å²) in [7, 11) is 4.76. The predicted molar refractivity (Wildman–Crippen MR) is 123 cm³/mol. The van der Waals surface area contributed by atoms with E-state index in [4.69, 9.17) is 23.4 Å². The highest BCUT2D eigenvalue weighted by Crippen LogP contribution is 2.34. The fourth-order valence-corrected chi connectivity index (χ4v) is 3.67. The lowest BCUT2D eigenvalue weighted by atomic mass is 9.99. The lowest BCUT2D eigenvalue weighted by molar-refractivity contribution is 0.305. The molecule has 0 aliphatic rings. The molecule has 0 amide bonds. The van der Waals surface area contributed by atoms with Crippen LogP contribution in [0.3, 0.4) is 0 Å². The van der Waals surface area contributed by atoms with Crippen LogP contribution in [0.2, 0.25) is 0 Å². The number of rotatable bonds is 7. The number of aryl methyl sites for hydroxylation is 1. The maximum atomic E-state index is 12.8. The van der Waals surface area contributed by atoms with Gasteiger partial charge in [-0.15, -0.1) is 0 Å². The molecule has 0 N–H and O–H groups in total. The highest BCUT2D eigenvalue weighted by atomic mass is 16.5. The number of methoxy groups -OCH3 is 3. The topological polar surface area (TPSA) is 67.1 Å². The fourth-order valence-electron chi connectivity index (χ4n) is 3.67. The molecule has 0 saturated carbocycles. The monoisotopic (exact) mass is 432 g/mol. The van der Waals surface area contributed by atoms with Gasteiger partial charge in [-0.05, 0) is 66.1 Å². The van der Waals surface area contributed by atoms with E-state index in [1.54, 1.807) is 45.6 Å². The molecule has 0 aliphatic carbocycles. The Balaban J connectivity index is 1.71. The number of benzene rings is 3. The SMILES string of the molecule is COc1cccc(COc2ccc3oc(=O)c(-c4ccc(OC)c(OC)c4)c(C)c3c2)c1. The fraction of sp³-hybridized carbons (Fsp3) is 0.192. The molecule has 0 aliphatic heterocycles. The molecule has 1 heterocycles. The van der Waals surface area contributed by atoms with Crippen molar-refractivity contribution in [2.24, 2.45) is 0 Å². The van der Waals surface area contributed by atoms with Crippen LogP contribution in [0.4, 0.5) is 0 Å². The molecule has 0 radical (unpaired) electrons. The minimum Gasteiger partial charge on any atom is -0.497 e. The maximum Gasteiger partial charge on any atom is 0.344 e. The lowest BCUT2D eigenvalue weighted by Crippen LogP contribution is -2.06. The maximum absolute atomic E-state index is 12.8. The van der Waals surface area contributed by atoms with Crippen LogP contribution >= 0.6 is 0 Å². The van der Waals surface area contributed by atoms with Gasteiger partial charge < -0.3 is 23.4 Å².